The number of ether oxygens (including phenoxy) is 4. The average molecular weight is 664 g/mol. The van der Waals surface area contributed by atoms with E-state index in [4.69, 9.17) is 18.9 Å². The first-order valence-corrected chi connectivity index (χ1v) is 16.8. The molecule has 3 aliphatic rings. The van der Waals surface area contributed by atoms with Gasteiger partial charge in [0.05, 0.1) is 19.3 Å². The molecule has 11 heteroatoms. The van der Waals surface area contributed by atoms with E-state index in [2.05, 4.69) is 38.2 Å². The van der Waals surface area contributed by atoms with Crippen molar-refractivity contribution in [2.45, 2.75) is 129 Å². The second-order valence-corrected chi connectivity index (χ2v) is 13.6. The Morgan fingerprint density at radius 3 is 2.36 bits per heavy atom. The van der Waals surface area contributed by atoms with Gasteiger partial charge >= 0.3 is 0 Å². The van der Waals surface area contributed by atoms with Crippen LogP contribution in [-0.4, -0.2) is 107 Å². The Bertz CT molecular complexity index is 1190. The van der Waals surface area contributed by atoms with Crippen molar-refractivity contribution >= 4 is 5.91 Å². The van der Waals surface area contributed by atoms with Crippen LogP contribution >= 0.6 is 0 Å². The summed E-state index contributed by atoms with van der Waals surface area (Å²) < 4.78 is 23.3. The Morgan fingerprint density at radius 2 is 1.72 bits per heavy atom. The molecule has 2 aliphatic heterocycles. The zero-order chi connectivity index (χ0) is 34.9. The number of aliphatic hydroxyl groups is 5. The number of carbonyl (C=O) groups excluding carboxylic acids is 1. The summed E-state index contributed by atoms with van der Waals surface area (Å²) in [6.07, 6.45) is 6.04. The van der Waals surface area contributed by atoms with Crippen molar-refractivity contribution in [3.63, 3.8) is 0 Å². The van der Waals surface area contributed by atoms with Crippen molar-refractivity contribution in [3.05, 3.63) is 58.7 Å². The standard InChI is InChI=1S/C36H57NO10/c1-8-44-32-24(5)34(43)45-27(20-39)33(32)47-35-29(31(42)30(41)26(19-38)46-35)37-28(40)17-15-22(3)12-9-11-21(2)14-16-25-23(4)13-10-18-36(25,6)7/h9,11-12,14-16,24,26-27,29-35,38-39,41-43H,8,10,13,17-20H2,1-7H3,(H,37,40)/b12-9+,16-14+,21-11+,22-15+/t24?,26?,27?,29?,30-,31-,32-,33-,34?,35+/m1/s1. The van der Waals surface area contributed by atoms with E-state index in [0.29, 0.717) is 0 Å². The van der Waals surface area contributed by atoms with E-state index in [1.165, 1.54) is 24.0 Å². The zero-order valence-corrected chi connectivity index (χ0v) is 29.0. The maximum absolute atomic E-state index is 13.1. The summed E-state index contributed by atoms with van der Waals surface area (Å²) in [5.74, 6) is -0.990. The molecule has 0 radical (unpaired) electrons. The molecule has 6 N–H and O–H groups in total. The van der Waals surface area contributed by atoms with Crippen molar-refractivity contribution in [2.75, 3.05) is 19.8 Å². The number of nitrogens with one attached hydrogen (secondary N) is 1. The Balaban J connectivity index is 1.68. The van der Waals surface area contributed by atoms with Crippen LogP contribution in [0.1, 0.15) is 74.1 Å². The molecule has 1 amide bonds. The molecule has 10 atom stereocenters. The molecule has 5 unspecified atom stereocenters. The van der Waals surface area contributed by atoms with Crippen LogP contribution in [0.4, 0.5) is 0 Å². The molecular formula is C36H57NO10. The van der Waals surface area contributed by atoms with E-state index in [9.17, 15) is 30.3 Å². The molecule has 266 valence electrons. The molecule has 0 aromatic heterocycles. The van der Waals surface area contributed by atoms with Crippen LogP contribution in [0.5, 0.6) is 0 Å². The monoisotopic (exact) mass is 663 g/mol. The van der Waals surface area contributed by atoms with Gasteiger partial charge in [0, 0.05) is 18.9 Å². The minimum atomic E-state index is -1.54. The fourth-order valence-corrected chi connectivity index (χ4v) is 6.51. The first kappa shape index (κ1) is 39.3. The fourth-order valence-electron chi connectivity index (χ4n) is 6.51. The lowest BCUT2D eigenvalue weighted by molar-refractivity contribution is -0.337. The topological polar surface area (TPSA) is 167 Å². The van der Waals surface area contributed by atoms with Crippen LogP contribution in [-0.2, 0) is 23.7 Å². The summed E-state index contributed by atoms with van der Waals surface area (Å²) in [5, 5.41) is 54.3. The van der Waals surface area contributed by atoms with Crippen LogP contribution in [0.25, 0.3) is 0 Å². The second-order valence-electron chi connectivity index (χ2n) is 13.6. The van der Waals surface area contributed by atoms with Crippen molar-refractivity contribution in [1.82, 2.24) is 5.32 Å². The number of rotatable bonds is 13. The van der Waals surface area contributed by atoms with Crippen molar-refractivity contribution in [3.8, 4) is 0 Å². The van der Waals surface area contributed by atoms with Gasteiger partial charge in [-0.25, -0.2) is 0 Å². The van der Waals surface area contributed by atoms with Gasteiger partial charge in [0.2, 0.25) is 5.91 Å². The molecule has 0 bridgehead atoms. The Labute approximate surface area is 279 Å². The molecule has 0 spiro atoms. The Hall–Kier alpha value is -2.19. The first-order chi connectivity index (χ1) is 22.2. The molecule has 47 heavy (non-hydrogen) atoms. The molecule has 2 fully saturated rings. The summed E-state index contributed by atoms with van der Waals surface area (Å²) in [7, 11) is 0. The molecule has 0 aromatic carbocycles. The summed E-state index contributed by atoms with van der Waals surface area (Å²) in [4.78, 5) is 13.1. The highest BCUT2D eigenvalue weighted by atomic mass is 16.7. The maximum atomic E-state index is 13.1. The third-order valence-corrected chi connectivity index (χ3v) is 9.39. The second kappa shape index (κ2) is 18.0. The quantitative estimate of drug-likeness (QED) is 0.161. The molecule has 2 heterocycles. The van der Waals surface area contributed by atoms with Gasteiger partial charge in [0.25, 0.3) is 0 Å². The number of aliphatic hydroxyl groups excluding tert-OH is 5. The smallest absolute Gasteiger partial charge is 0.224 e. The van der Waals surface area contributed by atoms with E-state index in [1.807, 2.05) is 32.1 Å². The maximum Gasteiger partial charge on any atom is 0.224 e. The Kier molecular flexibility index (Phi) is 15.0. The highest BCUT2D eigenvalue weighted by molar-refractivity contribution is 5.78. The van der Waals surface area contributed by atoms with Crippen molar-refractivity contribution in [1.29, 1.82) is 0 Å². The summed E-state index contributed by atoms with van der Waals surface area (Å²) in [6.45, 7) is 13.4. The van der Waals surface area contributed by atoms with E-state index < -0.39 is 80.3 Å². The SMILES string of the molecule is CCO[C@@H]1C(C)C(O)OC(CO)[C@H]1O[C@@H]1OC(CO)[C@@H](O)[C@H](O)C1NC(=O)C/C=C(C)/C=C/C=C(C)/C=C/C1=C(C)CCCC1(C)C. The van der Waals surface area contributed by atoms with Gasteiger partial charge in [0.15, 0.2) is 12.6 Å². The zero-order valence-electron chi connectivity index (χ0n) is 29.0. The minimum Gasteiger partial charge on any atom is -0.394 e. The van der Waals surface area contributed by atoms with Crippen LogP contribution in [0, 0.1) is 11.3 Å². The molecule has 3 rings (SSSR count). The van der Waals surface area contributed by atoms with Crippen LogP contribution in [0.3, 0.4) is 0 Å². The number of allylic oxidation sites excluding steroid dienone is 9. The number of hydrogen-bond donors (Lipinski definition) is 6. The van der Waals surface area contributed by atoms with Crippen LogP contribution in [0.15, 0.2) is 58.7 Å². The predicted octanol–water partition coefficient (Wildman–Crippen LogP) is 2.97. The van der Waals surface area contributed by atoms with Gasteiger partial charge < -0.3 is 49.8 Å². The van der Waals surface area contributed by atoms with E-state index in [-0.39, 0.29) is 18.4 Å². The van der Waals surface area contributed by atoms with E-state index in [0.717, 1.165) is 17.6 Å². The van der Waals surface area contributed by atoms with Crippen molar-refractivity contribution in [2.24, 2.45) is 11.3 Å². The highest BCUT2D eigenvalue weighted by Crippen LogP contribution is 2.41. The molecule has 0 aromatic rings. The van der Waals surface area contributed by atoms with Crippen molar-refractivity contribution < 1.29 is 49.3 Å². The predicted molar refractivity (Wildman–Crippen MR) is 178 cm³/mol. The third-order valence-electron chi connectivity index (χ3n) is 9.39. The number of amides is 1. The van der Waals surface area contributed by atoms with E-state index in [1.54, 1.807) is 19.9 Å². The number of carbonyl (C=O) groups is 1. The molecule has 0 saturated carbocycles. The molecule has 1 aliphatic carbocycles. The largest absolute Gasteiger partial charge is 0.394 e. The lowest BCUT2D eigenvalue weighted by Gasteiger charge is -2.48. The lowest BCUT2D eigenvalue weighted by Crippen LogP contribution is -2.67. The molecule has 2 saturated heterocycles. The summed E-state index contributed by atoms with van der Waals surface area (Å²) in [6, 6.07) is -1.22. The number of hydrogen-bond acceptors (Lipinski definition) is 10. The van der Waals surface area contributed by atoms with Gasteiger partial charge in [-0.1, -0.05) is 73.9 Å². The minimum absolute atomic E-state index is 0.0205. The van der Waals surface area contributed by atoms with Crippen LogP contribution in [0.2, 0.25) is 0 Å². The highest BCUT2D eigenvalue weighted by Gasteiger charge is 2.51. The van der Waals surface area contributed by atoms with Gasteiger partial charge in [-0.3, -0.25) is 4.79 Å². The van der Waals surface area contributed by atoms with E-state index >= 15 is 0 Å². The fraction of sp³-hybridized carbons (Fsp3) is 0.694. The first-order valence-electron chi connectivity index (χ1n) is 16.8. The normalized spacial score (nSPS) is 35.6. The molecular weight excluding hydrogens is 606 g/mol. The lowest BCUT2D eigenvalue weighted by atomic mass is 9.72. The van der Waals surface area contributed by atoms with Crippen LogP contribution < -0.4 is 5.32 Å². The van der Waals surface area contributed by atoms with Gasteiger partial charge in [-0.05, 0) is 57.9 Å². The summed E-state index contributed by atoms with van der Waals surface area (Å²) >= 11 is 0. The molecule has 11 nitrogen and oxygen atoms in total. The average Bonchev–Trinajstić information content (AvgIpc) is 3.02. The van der Waals surface area contributed by atoms with Gasteiger partial charge in [-0.15, -0.1) is 0 Å². The Morgan fingerprint density at radius 1 is 1.02 bits per heavy atom. The van der Waals surface area contributed by atoms with Gasteiger partial charge in [-0.2, -0.15) is 0 Å². The third kappa shape index (κ3) is 10.4. The van der Waals surface area contributed by atoms with Gasteiger partial charge in [0.1, 0.15) is 36.6 Å². The summed E-state index contributed by atoms with van der Waals surface area (Å²) in [5.41, 5.74) is 5.00.